The molecule has 0 nitrogen and oxygen atoms in total. The molecule has 0 spiro atoms. The minimum atomic E-state index is 1.29. The molecule has 0 amide bonds. The standard InChI is InChI=1S/C10H8B/c1-2-5-9(6-3-1)10-7-4-8-11-10/h1-8H. The third-order valence-electron chi connectivity index (χ3n) is 1.77. The van der Waals surface area contributed by atoms with Crippen molar-refractivity contribution in [3.8, 4) is 0 Å². The minimum Gasteiger partial charge on any atom is -0.116 e. The van der Waals surface area contributed by atoms with Gasteiger partial charge < -0.3 is 0 Å². The zero-order chi connectivity index (χ0) is 7.52. The average molecular weight is 139 g/mol. The maximum absolute atomic E-state index is 2.12. The van der Waals surface area contributed by atoms with E-state index in [2.05, 4.69) is 49.7 Å². The van der Waals surface area contributed by atoms with Crippen molar-refractivity contribution in [2.24, 2.45) is 0 Å². The fourth-order valence-electron chi connectivity index (χ4n) is 1.20. The van der Waals surface area contributed by atoms with Crippen LogP contribution in [0.3, 0.4) is 0 Å². The Morgan fingerprint density at radius 1 is 1.00 bits per heavy atom. The second-order valence-electron chi connectivity index (χ2n) is 2.54. The van der Waals surface area contributed by atoms with E-state index >= 15 is 0 Å². The molecule has 1 aromatic rings. The van der Waals surface area contributed by atoms with Crippen LogP contribution in [0.5, 0.6) is 0 Å². The molecular formula is C10H8B. The van der Waals surface area contributed by atoms with Gasteiger partial charge in [0, 0.05) is 0 Å². The van der Waals surface area contributed by atoms with E-state index in [1.807, 2.05) is 6.07 Å². The van der Waals surface area contributed by atoms with Crippen molar-refractivity contribution in [3.63, 3.8) is 0 Å². The predicted molar refractivity (Wildman–Crippen MR) is 49.3 cm³/mol. The molecule has 0 N–H and O–H groups in total. The van der Waals surface area contributed by atoms with Gasteiger partial charge in [0.25, 0.3) is 0 Å². The summed E-state index contributed by atoms with van der Waals surface area (Å²) in [5.41, 5.74) is 2.59. The lowest BCUT2D eigenvalue weighted by Gasteiger charge is -1.98. The highest BCUT2D eigenvalue weighted by Crippen LogP contribution is 2.15. The first-order chi connectivity index (χ1) is 5.47. The van der Waals surface area contributed by atoms with Crippen molar-refractivity contribution in [2.75, 3.05) is 0 Å². The lowest BCUT2D eigenvalue weighted by molar-refractivity contribution is 1.65. The third kappa shape index (κ3) is 1.27. The zero-order valence-electron chi connectivity index (χ0n) is 6.20. The monoisotopic (exact) mass is 139 g/mol. The first-order valence-electron chi connectivity index (χ1n) is 3.74. The van der Waals surface area contributed by atoms with Gasteiger partial charge in [-0.15, -0.1) is 5.98 Å². The van der Waals surface area contributed by atoms with Gasteiger partial charge in [-0.2, -0.15) is 0 Å². The first-order valence-corrected chi connectivity index (χ1v) is 3.74. The van der Waals surface area contributed by atoms with Crippen LogP contribution in [0.1, 0.15) is 5.56 Å². The highest BCUT2D eigenvalue weighted by molar-refractivity contribution is 6.66. The number of allylic oxidation sites excluding steroid dienone is 2. The average Bonchev–Trinajstić information content (AvgIpc) is 2.58. The van der Waals surface area contributed by atoms with Gasteiger partial charge >= 0.3 is 0 Å². The molecule has 1 aromatic carbocycles. The predicted octanol–water partition coefficient (Wildman–Crippen LogP) is 2.26. The van der Waals surface area contributed by atoms with E-state index in [9.17, 15) is 0 Å². The van der Waals surface area contributed by atoms with Gasteiger partial charge in [0.1, 0.15) is 0 Å². The van der Waals surface area contributed by atoms with Crippen LogP contribution in [0.4, 0.5) is 0 Å². The van der Waals surface area contributed by atoms with Crippen LogP contribution in [0, 0.1) is 0 Å². The molecule has 1 heterocycles. The highest BCUT2D eigenvalue weighted by atomic mass is 13.9. The smallest absolute Gasteiger partial charge is 0.116 e. The van der Waals surface area contributed by atoms with Gasteiger partial charge in [0.15, 0.2) is 7.28 Å². The summed E-state index contributed by atoms with van der Waals surface area (Å²) >= 11 is 0. The molecule has 0 atom stereocenters. The fourth-order valence-corrected chi connectivity index (χ4v) is 1.20. The van der Waals surface area contributed by atoms with Crippen LogP contribution in [0.25, 0.3) is 5.47 Å². The van der Waals surface area contributed by atoms with Crippen LogP contribution >= 0.6 is 0 Å². The van der Waals surface area contributed by atoms with E-state index in [-0.39, 0.29) is 0 Å². The fraction of sp³-hybridized carbons (Fsp3) is 0. The van der Waals surface area contributed by atoms with Gasteiger partial charge in [-0.05, 0) is 5.56 Å². The molecule has 51 valence electrons. The first kappa shape index (κ1) is 6.47. The SMILES string of the molecule is [B]1C=CC=C1c1ccccc1. The number of hydrogen-bond acceptors (Lipinski definition) is 0. The Morgan fingerprint density at radius 3 is 2.45 bits per heavy atom. The van der Waals surface area contributed by atoms with Crippen LogP contribution in [-0.4, -0.2) is 7.28 Å². The molecule has 0 saturated carbocycles. The normalized spacial score (nSPS) is 14.4. The number of hydrogen-bond donors (Lipinski definition) is 0. The Morgan fingerprint density at radius 2 is 1.82 bits per heavy atom. The second-order valence-corrected chi connectivity index (χ2v) is 2.54. The zero-order valence-corrected chi connectivity index (χ0v) is 6.20. The maximum atomic E-state index is 2.12. The summed E-state index contributed by atoms with van der Waals surface area (Å²) in [4.78, 5) is 0. The van der Waals surface area contributed by atoms with Crippen molar-refractivity contribution in [1.82, 2.24) is 0 Å². The van der Waals surface area contributed by atoms with E-state index in [1.165, 1.54) is 11.0 Å². The largest absolute Gasteiger partial charge is 0.182 e. The summed E-state index contributed by atoms with van der Waals surface area (Å²) in [6.45, 7) is 0. The van der Waals surface area contributed by atoms with Crippen LogP contribution in [0.15, 0.2) is 48.5 Å². The lowest BCUT2D eigenvalue weighted by Crippen LogP contribution is -1.87. The van der Waals surface area contributed by atoms with E-state index in [1.54, 1.807) is 0 Å². The molecule has 1 heteroatoms. The Kier molecular flexibility index (Phi) is 1.64. The van der Waals surface area contributed by atoms with Crippen LogP contribution < -0.4 is 0 Å². The molecule has 0 aromatic heterocycles. The molecule has 1 aliphatic rings. The molecule has 1 aliphatic heterocycles. The van der Waals surface area contributed by atoms with Gasteiger partial charge in [0.2, 0.25) is 0 Å². The summed E-state index contributed by atoms with van der Waals surface area (Å²) in [7, 11) is 2.12. The second kappa shape index (κ2) is 2.79. The lowest BCUT2D eigenvalue weighted by atomic mass is 9.70. The molecule has 0 saturated heterocycles. The topological polar surface area (TPSA) is 0 Å². The quantitative estimate of drug-likeness (QED) is 0.523. The van der Waals surface area contributed by atoms with Crippen molar-refractivity contribution in [3.05, 3.63) is 54.0 Å². The summed E-state index contributed by atoms with van der Waals surface area (Å²) in [5, 5.41) is 0. The van der Waals surface area contributed by atoms with E-state index in [4.69, 9.17) is 0 Å². The number of benzene rings is 1. The van der Waals surface area contributed by atoms with Gasteiger partial charge in [-0.25, -0.2) is 0 Å². The molecule has 11 heavy (non-hydrogen) atoms. The Balaban J connectivity index is 2.31. The molecule has 0 bridgehead atoms. The summed E-state index contributed by atoms with van der Waals surface area (Å²) in [5.74, 6) is 2.06. The van der Waals surface area contributed by atoms with Crippen LogP contribution in [-0.2, 0) is 0 Å². The molecular weight excluding hydrogens is 131 g/mol. The van der Waals surface area contributed by atoms with Gasteiger partial charge in [0.05, 0.1) is 0 Å². The third-order valence-corrected chi connectivity index (χ3v) is 1.77. The highest BCUT2D eigenvalue weighted by Gasteiger charge is 2.01. The van der Waals surface area contributed by atoms with E-state index < -0.39 is 0 Å². The van der Waals surface area contributed by atoms with Crippen molar-refractivity contribution in [1.29, 1.82) is 0 Å². The van der Waals surface area contributed by atoms with Crippen molar-refractivity contribution >= 4 is 12.8 Å². The van der Waals surface area contributed by atoms with Crippen molar-refractivity contribution < 1.29 is 0 Å². The number of rotatable bonds is 1. The van der Waals surface area contributed by atoms with E-state index in [0.29, 0.717) is 0 Å². The Hall–Kier alpha value is -1.24. The molecule has 0 aliphatic carbocycles. The Bertz CT molecular complexity index is 296. The van der Waals surface area contributed by atoms with Gasteiger partial charge in [-0.3, -0.25) is 0 Å². The molecule has 2 rings (SSSR count). The maximum Gasteiger partial charge on any atom is 0.182 e. The summed E-state index contributed by atoms with van der Waals surface area (Å²) in [6.07, 6.45) is 4.18. The Labute approximate surface area is 67.5 Å². The summed E-state index contributed by atoms with van der Waals surface area (Å²) < 4.78 is 0. The van der Waals surface area contributed by atoms with E-state index in [0.717, 1.165) is 0 Å². The molecule has 1 radical (unpaired) electrons. The summed E-state index contributed by atoms with van der Waals surface area (Å²) in [6, 6.07) is 10.4. The van der Waals surface area contributed by atoms with Crippen molar-refractivity contribution in [2.45, 2.75) is 0 Å². The molecule has 0 fully saturated rings. The minimum absolute atomic E-state index is 1.29. The molecule has 0 unspecified atom stereocenters. The van der Waals surface area contributed by atoms with Gasteiger partial charge in [-0.1, -0.05) is 48.0 Å². The van der Waals surface area contributed by atoms with Crippen LogP contribution in [0.2, 0.25) is 0 Å².